The maximum absolute atomic E-state index is 12.3. The highest BCUT2D eigenvalue weighted by Crippen LogP contribution is 2.20. The highest BCUT2D eigenvalue weighted by Gasteiger charge is 2.14. The van der Waals surface area contributed by atoms with Gasteiger partial charge in [0, 0.05) is 19.4 Å². The van der Waals surface area contributed by atoms with Crippen molar-refractivity contribution in [3.63, 3.8) is 0 Å². The molecule has 24 heavy (non-hydrogen) atoms. The number of aliphatic hydroxyl groups excluding tert-OH is 1. The average Bonchev–Trinajstić information content (AvgIpc) is 2.61. The molecule has 3 N–H and O–H groups in total. The molecule has 0 unspecified atom stereocenters. The maximum atomic E-state index is 12.3. The van der Waals surface area contributed by atoms with Crippen LogP contribution in [0, 0.1) is 0 Å². The molecule has 2 atom stereocenters. The summed E-state index contributed by atoms with van der Waals surface area (Å²) in [4.78, 5) is 12.3. The molecule has 5 nitrogen and oxygen atoms in total. The lowest BCUT2D eigenvalue weighted by Gasteiger charge is -2.19. The molecule has 2 amide bonds. The minimum absolute atomic E-state index is 0.000674. The Morgan fingerprint density at radius 1 is 1.12 bits per heavy atom. The molecule has 0 spiro atoms. The molecule has 2 aromatic carbocycles. The molecule has 0 aliphatic heterocycles. The Balaban J connectivity index is 2.03. The fraction of sp³-hybridized carbons (Fsp3) is 0.316. The standard InChI is InChI=1S/C19H24N2O3/c1-14(24-2)16-9-6-10-17(13-16)20-19(23)21-18(11-12-22)15-7-4-3-5-8-15/h3-10,13-14,18,22H,11-12H2,1-2H3,(H2,20,21,23)/t14-,18-/m1/s1. The van der Waals surface area contributed by atoms with Crippen LogP contribution >= 0.6 is 0 Å². The third-order valence-corrected chi connectivity index (χ3v) is 3.89. The zero-order valence-electron chi connectivity index (χ0n) is 14.0. The molecule has 2 rings (SSSR count). The topological polar surface area (TPSA) is 70.6 Å². The second kappa shape index (κ2) is 9.05. The third kappa shape index (κ3) is 5.08. The van der Waals surface area contributed by atoms with Crippen molar-refractivity contribution < 1.29 is 14.6 Å². The molecular weight excluding hydrogens is 304 g/mol. The summed E-state index contributed by atoms with van der Waals surface area (Å²) in [6.07, 6.45) is 0.416. The van der Waals surface area contributed by atoms with Gasteiger partial charge < -0.3 is 20.5 Å². The molecule has 2 aromatic rings. The zero-order valence-corrected chi connectivity index (χ0v) is 14.0. The highest BCUT2D eigenvalue weighted by molar-refractivity contribution is 5.89. The van der Waals surface area contributed by atoms with Crippen molar-refractivity contribution in [1.82, 2.24) is 5.32 Å². The van der Waals surface area contributed by atoms with Crippen LogP contribution < -0.4 is 10.6 Å². The first kappa shape index (κ1) is 18.0. The van der Waals surface area contributed by atoms with Gasteiger partial charge in [-0.3, -0.25) is 0 Å². The lowest BCUT2D eigenvalue weighted by Crippen LogP contribution is -2.33. The van der Waals surface area contributed by atoms with Crippen LogP contribution in [0.4, 0.5) is 10.5 Å². The number of nitrogens with one attached hydrogen (secondary N) is 2. The van der Waals surface area contributed by atoms with Gasteiger partial charge in [0.15, 0.2) is 0 Å². The third-order valence-electron chi connectivity index (χ3n) is 3.89. The number of carbonyl (C=O) groups excluding carboxylic acids is 1. The lowest BCUT2D eigenvalue weighted by atomic mass is 10.0. The van der Waals surface area contributed by atoms with E-state index in [4.69, 9.17) is 4.74 Å². The Bertz CT molecular complexity index is 646. The monoisotopic (exact) mass is 328 g/mol. The number of benzene rings is 2. The molecule has 0 aromatic heterocycles. The Labute approximate surface area is 142 Å². The Morgan fingerprint density at radius 3 is 2.50 bits per heavy atom. The van der Waals surface area contributed by atoms with Crippen LogP contribution in [0.15, 0.2) is 54.6 Å². The number of rotatable bonds is 7. The normalized spacial score (nSPS) is 13.1. The molecule has 5 heteroatoms. The van der Waals surface area contributed by atoms with Crippen LogP contribution in [-0.4, -0.2) is 24.9 Å². The van der Waals surface area contributed by atoms with E-state index in [2.05, 4.69) is 10.6 Å². The van der Waals surface area contributed by atoms with Gasteiger partial charge in [0.25, 0.3) is 0 Å². The second-order valence-electron chi connectivity index (χ2n) is 5.58. The summed E-state index contributed by atoms with van der Waals surface area (Å²) in [5.74, 6) is 0. The summed E-state index contributed by atoms with van der Waals surface area (Å²) in [6.45, 7) is 1.95. The molecular formula is C19H24N2O3. The molecule has 0 aliphatic carbocycles. The fourth-order valence-electron chi connectivity index (χ4n) is 2.47. The molecule has 0 saturated carbocycles. The quantitative estimate of drug-likeness (QED) is 0.727. The van der Waals surface area contributed by atoms with Gasteiger partial charge in [-0.15, -0.1) is 0 Å². The molecule has 0 bridgehead atoms. The van der Waals surface area contributed by atoms with Gasteiger partial charge in [0.05, 0.1) is 12.1 Å². The number of hydrogen-bond donors (Lipinski definition) is 3. The van der Waals surface area contributed by atoms with E-state index in [1.54, 1.807) is 7.11 Å². The number of ether oxygens (including phenoxy) is 1. The van der Waals surface area contributed by atoms with E-state index in [-0.39, 0.29) is 24.8 Å². The molecule has 0 aliphatic rings. The molecule has 0 fully saturated rings. The number of hydrogen-bond acceptors (Lipinski definition) is 3. The van der Waals surface area contributed by atoms with Crippen LogP contribution in [0.2, 0.25) is 0 Å². The first-order valence-corrected chi connectivity index (χ1v) is 8.00. The van der Waals surface area contributed by atoms with Gasteiger partial charge in [0.1, 0.15) is 0 Å². The number of amides is 2. The minimum Gasteiger partial charge on any atom is -0.396 e. The molecule has 0 heterocycles. The Morgan fingerprint density at radius 2 is 1.83 bits per heavy atom. The maximum Gasteiger partial charge on any atom is 0.319 e. The van der Waals surface area contributed by atoms with Crippen LogP contribution in [0.3, 0.4) is 0 Å². The van der Waals surface area contributed by atoms with E-state index in [0.29, 0.717) is 12.1 Å². The Hall–Kier alpha value is -2.37. The average molecular weight is 328 g/mol. The SMILES string of the molecule is CO[C@H](C)c1cccc(NC(=O)N[C@H](CCO)c2ccccc2)c1. The van der Waals surface area contributed by atoms with Gasteiger partial charge >= 0.3 is 6.03 Å². The van der Waals surface area contributed by atoms with E-state index in [0.717, 1.165) is 11.1 Å². The van der Waals surface area contributed by atoms with E-state index in [1.807, 2.05) is 61.5 Å². The van der Waals surface area contributed by atoms with Crippen LogP contribution in [0.5, 0.6) is 0 Å². The molecule has 0 radical (unpaired) electrons. The van der Waals surface area contributed by atoms with Crippen molar-refractivity contribution in [3.8, 4) is 0 Å². The zero-order chi connectivity index (χ0) is 17.4. The van der Waals surface area contributed by atoms with Crippen molar-refractivity contribution in [2.45, 2.75) is 25.5 Å². The van der Waals surface area contributed by atoms with Crippen LogP contribution in [0.25, 0.3) is 0 Å². The van der Waals surface area contributed by atoms with Gasteiger partial charge in [-0.25, -0.2) is 4.79 Å². The lowest BCUT2D eigenvalue weighted by molar-refractivity contribution is 0.119. The summed E-state index contributed by atoms with van der Waals surface area (Å²) in [5.41, 5.74) is 2.65. The van der Waals surface area contributed by atoms with Crippen LogP contribution in [0.1, 0.15) is 36.6 Å². The summed E-state index contributed by atoms with van der Waals surface area (Å²) >= 11 is 0. The van der Waals surface area contributed by atoms with Crippen molar-refractivity contribution in [2.75, 3.05) is 19.0 Å². The smallest absolute Gasteiger partial charge is 0.319 e. The number of methoxy groups -OCH3 is 1. The van der Waals surface area contributed by atoms with E-state index >= 15 is 0 Å². The highest BCUT2D eigenvalue weighted by atomic mass is 16.5. The van der Waals surface area contributed by atoms with Gasteiger partial charge in [-0.05, 0) is 36.6 Å². The number of urea groups is 1. The first-order valence-electron chi connectivity index (χ1n) is 8.00. The molecule has 0 saturated heterocycles. The van der Waals surface area contributed by atoms with E-state index in [1.165, 1.54) is 0 Å². The number of anilines is 1. The van der Waals surface area contributed by atoms with Crippen molar-refractivity contribution in [1.29, 1.82) is 0 Å². The number of carbonyl (C=O) groups is 1. The van der Waals surface area contributed by atoms with Gasteiger partial charge in [-0.2, -0.15) is 0 Å². The number of aliphatic hydroxyl groups is 1. The minimum atomic E-state index is -0.306. The largest absolute Gasteiger partial charge is 0.396 e. The predicted molar refractivity (Wildman–Crippen MR) is 94.9 cm³/mol. The van der Waals surface area contributed by atoms with E-state index < -0.39 is 0 Å². The van der Waals surface area contributed by atoms with Gasteiger partial charge in [-0.1, -0.05) is 42.5 Å². The second-order valence-corrected chi connectivity index (χ2v) is 5.58. The van der Waals surface area contributed by atoms with E-state index in [9.17, 15) is 9.90 Å². The summed E-state index contributed by atoms with van der Waals surface area (Å²) in [5, 5.41) is 15.0. The summed E-state index contributed by atoms with van der Waals surface area (Å²) in [7, 11) is 1.65. The van der Waals surface area contributed by atoms with Crippen molar-refractivity contribution in [3.05, 3.63) is 65.7 Å². The summed E-state index contributed by atoms with van der Waals surface area (Å²) in [6, 6.07) is 16.6. The fourth-order valence-corrected chi connectivity index (χ4v) is 2.47. The van der Waals surface area contributed by atoms with Crippen LogP contribution in [-0.2, 0) is 4.74 Å². The van der Waals surface area contributed by atoms with Gasteiger partial charge in [0.2, 0.25) is 0 Å². The summed E-state index contributed by atoms with van der Waals surface area (Å²) < 4.78 is 5.29. The first-order chi connectivity index (χ1) is 11.6. The Kier molecular flexibility index (Phi) is 6.78. The molecule has 128 valence electrons. The van der Waals surface area contributed by atoms with Crippen molar-refractivity contribution >= 4 is 11.7 Å². The predicted octanol–water partition coefficient (Wildman–Crippen LogP) is 3.64. The van der Waals surface area contributed by atoms with Crippen molar-refractivity contribution in [2.24, 2.45) is 0 Å².